The fraction of sp³-hybridized carbons (Fsp3) is 0.571. The van der Waals surface area contributed by atoms with Gasteiger partial charge in [-0.05, 0) is 6.92 Å². The lowest BCUT2D eigenvalue weighted by atomic mass is 10.3. The van der Waals surface area contributed by atoms with Crippen LogP contribution in [0.4, 0.5) is 26.3 Å². The number of aryl methyl sites for hydroxylation is 1. The third kappa shape index (κ3) is 2.07. The second kappa shape index (κ2) is 3.42. The number of hydrogen-bond acceptors (Lipinski definition) is 1. The number of hydrogen-bond donors (Lipinski definition) is 0. The van der Waals surface area contributed by atoms with Gasteiger partial charge >= 0.3 is 12.2 Å². The van der Waals surface area contributed by atoms with Gasteiger partial charge in [-0.2, -0.15) is 22.0 Å². The van der Waals surface area contributed by atoms with Crippen LogP contribution in [-0.4, -0.2) is 21.9 Å². The molecule has 0 bridgehead atoms. The molecule has 0 N–H and O–H groups in total. The third-order valence-electron chi connectivity index (χ3n) is 1.74. The summed E-state index contributed by atoms with van der Waals surface area (Å²) in [6.45, 7) is 1.05. The molecule has 15 heavy (non-hydrogen) atoms. The fourth-order valence-corrected chi connectivity index (χ4v) is 1.01. The molecule has 1 aromatic rings. The summed E-state index contributed by atoms with van der Waals surface area (Å²) < 4.78 is 73.6. The van der Waals surface area contributed by atoms with Gasteiger partial charge in [0.1, 0.15) is 5.82 Å². The van der Waals surface area contributed by atoms with Crippen molar-refractivity contribution in [2.45, 2.75) is 25.3 Å². The lowest BCUT2D eigenvalue weighted by molar-refractivity contribution is -0.272. The Balaban J connectivity index is 3.08. The summed E-state index contributed by atoms with van der Waals surface area (Å²) in [5.74, 6) is -0.396. The average molecular weight is 232 g/mol. The Bertz CT molecular complexity index is 341. The SMILES string of the molecule is Cc1nccn1C(F)(F)C(F)C(F)(F)F. The van der Waals surface area contributed by atoms with E-state index in [0.29, 0.717) is 6.20 Å². The highest BCUT2D eigenvalue weighted by Crippen LogP contribution is 2.38. The molecule has 0 radical (unpaired) electrons. The van der Waals surface area contributed by atoms with E-state index in [1.165, 1.54) is 0 Å². The van der Waals surface area contributed by atoms with Gasteiger partial charge in [-0.1, -0.05) is 0 Å². The van der Waals surface area contributed by atoms with Crippen molar-refractivity contribution in [3.63, 3.8) is 0 Å². The van der Waals surface area contributed by atoms with Gasteiger partial charge in [0.25, 0.3) is 6.17 Å². The molecule has 0 saturated heterocycles. The summed E-state index contributed by atoms with van der Waals surface area (Å²) in [6.07, 6.45) is -8.40. The van der Waals surface area contributed by atoms with Gasteiger partial charge in [0, 0.05) is 12.4 Å². The van der Waals surface area contributed by atoms with E-state index in [1.54, 1.807) is 0 Å². The molecule has 0 amide bonds. The number of imidazole rings is 1. The molecular formula is C7H6F6N2. The average Bonchev–Trinajstić information content (AvgIpc) is 2.48. The zero-order valence-electron chi connectivity index (χ0n) is 7.39. The highest BCUT2D eigenvalue weighted by atomic mass is 19.4. The molecule has 1 aromatic heterocycles. The molecule has 0 aliphatic heterocycles. The van der Waals surface area contributed by atoms with E-state index >= 15 is 0 Å². The number of halogens is 6. The Morgan fingerprint density at radius 1 is 1.27 bits per heavy atom. The van der Waals surface area contributed by atoms with E-state index in [4.69, 9.17) is 0 Å². The normalized spacial score (nSPS) is 15.4. The van der Waals surface area contributed by atoms with Gasteiger partial charge in [0.05, 0.1) is 0 Å². The number of alkyl halides is 6. The van der Waals surface area contributed by atoms with E-state index in [0.717, 1.165) is 13.1 Å². The minimum Gasteiger partial charge on any atom is -0.272 e. The van der Waals surface area contributed by atoms with Crippen LogP contribution >= 0.6 is 0 Å². The molecule has 0 spiro atoms. The van der Waals surface area contributed by atoms with Crippen molar-refractivity contribution in [3.8, 4) is 0 Å². The van der Waals surface area contributed by atoms with Gasteiger partial charge < -0.3 is 0 Å². The Labute approximate surface area is 80.5 Å². The first kappa shape index (κ1) is 11.9. The standard InChI is InChI=1S/C7H6F6N2/c1-4-14-2-3-15(4)7(12,13)5(8)6(9,10)11/h2-3,5H,1H3. The zero-order chi connectivity index (χ0) is 11.9. The topological polar surface area (TPSA) is 17.8 Å². The number of nitrogens with zero attached hydrogens (tertiary/aromatic N) is 2. The van der Waals surface area contributed by atoms with Crippen LogP contribution in [0.15, 0.2) is 12.4 Å². The first-order chi connectivity index (χ1) is 6.67. The predicted octanol–water partition coefficient (Wildman–Crippen LogP) is 2.64. The number of rotatable bonds is 2. The van der Waals surface area contributed by atoms with Gasteiger partial charge in [0.2, 0.25) is 0 Å². The van der Waals surface area contributed by atoms with Crippen molar-refractivity contribution in [1.82, 2.24) is 9.55 Å². The summed E-state index contributed by atoms with van der Waals surface area (Å²) in [5.41, 5.74) is 0. The van der Waals surface area contributed by atoms with Crippen LogP contribution in [0.25, 0.3) is 0 Å². The molecule has 8 heteroatoms. The van der Waals surface area contributed by atoms with E-state index in [-0.39, 0.29) is 4.57 Å². The van der Waals surface area contributed by atoms with E-state index in [1.807, 2.05) is 0 Å². The van der Waals surface area contributed by atoms with Crippen LogP contribution < -0.4 is 0 Å². The van der Waals surface area contributed by atoms with Crippen LogP contribution in [-0.2, 0) is 6.05 Å². The smallest absolute Gasteiger partial charge is 0.272 e. The van der Waals surface area contributed by atoms with Crippen molar-refractivity contribution in [3.05, 3.63) is 18.2 Å². The molecule has 2 nitrogen and oxygen atoms in total. The van der Waals surface area contributed by atoms with Crippen molar-refractivity contribution >= 4 is 0 Å². The Kier molecular flexibility index (Phi) is 2.71. The van der Waals surface area contributed by atoms with Crippen LogP contribution in [0.2, 0.25) is 0 Å². The second-order valence-electron chi connectivity index (χ2n) is 2.84. The van der Waals surface area contributed by atoms with Crippen molar-refractivity contribution in [2.24, 2.45) is 0 Å². The molecule has 0 aromatic carbocycles. The fourth-order valence-electron chi connectivity index (χ4n) is 1.01. The van der Waals surface area contributed by atoms with Crippen molar-refractivity contribution < 1.29 is 26.3 Å². The van der Waals surface area contributed by atoms with Crippen LogP contribution in [0, 0.1) is 6.92 Å². The monoisotopic (exact) mass is 232 g/mol. The van der Waals surface area contributed by atoms with Gasteiger partial charge in [-0.3, -0.25) is 4.57 Å². The van der Waals surface area contributed by atoms with Crippen LogP contribution in [0.3, 0.4) is 0 Å². The summed E-state index contributed by atoms with van der Waals surface area (Å²) in [5, 5.41) is 0. The highest BCUT2D eigenvalue weighted by Gasteiger charge is 2.58. The minimum atomic E-state index is -5.61. The summed E-state index contributed by atoms with van der Waals surface area (Å²) in [7, 11) is 0. The zero-order valence-corrected chi connectivity index (χ0v) is 7.39. The largest absolute Gasteiger partial charge is 0.427 e. The number of aromatic nitrogens is 2. The Hall–Kier alpha value is -1.21. The van der Waals surface area contributed by atoms with E-state index in [2.05, 4.69) is 4.98 Å². The molecule has 0 aliphatic rings. The molecule has 1 rings (SSSR count). The van der Waals surface area contributed by atoms with Gasteiger partial charge in [-0.25, -0.2) is 9.37 Å². The molecule has 0 saturated carbocycles. The van der Waals surface area contributed by atoms with Gasteiger partial charge in [-0.15, -0.1) is 0 Å². The van der Waals surface area contributed by atoms with E-state index in [9.17, 15) is 26.3 Å². The summed E-state index contributed by atoms with van der Waals surface area (Å²) >= 11 is 0. The minimum absolute atomic E-state index is 0.148. The van der Waals surface area contributed by atoms with Crippen LogP contribution in [0.1, 0.15) is 5.82 Å². The second-order valence-corrected chi connectivity index (χ2v) is 2.84. The van der Waals surface area contributed by atoms with Gasteiger partial charge in [0.15, 0.2) is 0 Å². The quantitative estimate of drug-likeness (QED) is 0.716. The first-order valence-electron chi connectivity index (χ1n) is 3.76. The Morgan fingerprint density at radius 3 is 2.13 bits per heavy atom. The maximum absolute atomic E-state index is 13.0. The maximum atomic E-state index is 13.0. The van der Waals surface area contributed by atoms with Crippen molar-refractivity contribution in [1.29, 1.82) is 0 Å². The molecule has 1 heterocycles. The molecule has 1 unspecified atom stereocenters. The highest BCUT2D eigenvalue weighted by molar-refractivity contribution is 4.95. The van der Waals surface area contributed by atoms with E-state index < -0.39 is 24.2 Å². The summed E-state index contributed by atoms with van der Waals surface area (Å²) in [6, 6.07) is -4.68. The molecular weight excluding hydrogens is 226 g/mol. The first-order valence-corrected chi connectivity index (χ1v) is 3.76. The Morgan fingerprint density at radius 2 is 1.80 bits per heavy atom. The predicted molar refractivity (Wildman–Crippen MR) is 38.1 cm³/mol. The molecule has 0 fully saturated rings. The lowest BCUT2D eigenvalue weighted by Gasteiger charge is -2.24. The van der Waals surface area contributed by atoms with Crippen LogP contribution in [0.5, 0.6) is 0 Å². The third-order valence-corrected chi connectivity index (χ3v) is 1.74. The van der Waals surface area contributed by atoms with Crippen molar-refractivity contribution in [2.75, 3.05) is 0 Å². The lowest BCUT2D eigenvalue weighted by Crippen LogP contribution is -2.43. The maximum Gasteiger partial charge on any atom is 0.427 e. The summed E-state index contributed by atoms with van der Waals surface area (Å²) in [4.78, 5) is 3.30. The molecule has 1 atom stereocenters. The molecule has 86 valence electrons. The molecule has 0 aliphatic carbocycles.